The first-order valence-corrected chi connectivity index (χ1v) is 6.83. The molecule has 2 aliphatic heterocycles. The summed E-state index contributed by atoms with van der Waals surface area (Å²) in [6.45, 7) is 5.75. The van der Waals surface area contributed by atoms with Crippen molar-refractivity contribution in [1.82, 2.24) is 9.80 Å². The Hall–Kier alpha value is -1.26. The number of carbonyl (C=O) groups is 2. The molecule has 0 radical (unpaired) electrons. The largest absolute Gasteiger partial charge is 0.481 e. The Kier molecular flexibility index (Phi) is 3.50. The van der Waals surface area contributed by atoms with E-state index in [1.54, 1.807) is 4.90 Å². The maximum atomic E-state index is 12.3. The molecule has 0 aromatic heterocycles. The molecule has 5 heteroatoms. The highest BCUT2D eigenvalue weighted by Gasteiger charge is 2.47. The summed E-state index contributed by atoms with van der Waals surface area (Å²) < 4.78 is 0. The molecule has 1 N–H and O–H groups in total. The molecule has 0 bridgehead atoms. The van der Waals surface area contributed by atoms with Gasteiger partial charge in [-0.15, -0.1) is 0 Å². The summed E-state index contributed by atoms with van der Waals surface area (Å²) in [5, 5.41) is 9.44. The predicted molar refractivity (Wildman–Crippen MR) is 67.3 cm³/mol. The van der Waals surface area contributed by atoms with E-state index in [9.17, 15) is 14.7 Å². The zero-order valence-corrected chi connectivity index (χ0v) is 11.2. The van der Waals surface area contributed by atoms with Crippen LogP contribution in [0.1, 0.15) is 39.5 Å². The number of aliphatic carboxylic acids is 1. The molecule has 0 aliphatic carbocycles. The van der Waals surface area contributed by atoms with Gasteiger partial charge >= 0.3 is 12.0 Å². The summed E-state index contributed by atoms with van der Waals surface area (Å²) in [5.74, 6) is -0.759. The van der Waals surface area contributed by atoms with Crippen molar-refractivity contribution in [3.63, 3.8) is 0 Å². The fourth-order valence-electron chi connectivity index (χ4n) is 3.15. The molecule has 0 aromatic rings. The van der Waals surface area contributed by atoms with Crippen molar-refractivity contribution in [2.75, 3.05) is 19.6 Å². The molecule has 2 saturated heterocycles. The number of hydrogen-bond acceptors (Lipinski definition) is 2. The van der Waals surface area contributed by atoms with Crippen molar-refractivity contribution in [1.29, 1.82) is 0 Å². The van der Waals surface area contributed by atoms with Gasteiger partial charge in [-0.1, -0.05) is 6.92 Å². The third-order valence-electron chi connectivity index (χ3n) is 4.63. The smallest absolute Gasteiger partial charge is 0.320 e. The van der Waals surface area contributed by atoms with Gasteiger partial charge in [-0.3, -0.25) is 4.79 Å². The molecule has 2 rings (SSSR count). The Morgan fingerprint density at radius 3 is 2.72 bits per heavy atom. The molecule has 2 aliphatic rings. The Bertz CT molecular complexity index is 358. The maximum absolute atomic E-state index is 12.3. The second kappa shape index (κ2) is 4.78. The van der Waals surface area contributed by atoms with E-state index >= 15 is 0 Å². The summed E-state index contributed by atoms with van der Waals surface area (Å²) in [4.78, 5) is 27.4. The lowest BCUT2D eigenvalue weighted by Crippen LogP contribution is -2.61. The van der Waals surface area contributed by atoms with Crippen LogP contribution in [0.15, 0.2) is 0 Å². The number of nitrogens with zero attached hydrogens (tertiary/aromatic N) is 2. The summed E-state index contributed by atoms with van der Waals surface area (Å²) in [7, 11) is 0. The third kappa shape index (κ3) is 1.95. The third-order valence-corrected chi connectivity index (χ3v) is 4.63. The van der Waals surface area contributed by atoms with Crippen LogP contribution >= 0.6 is 0 Å². The molecule has 0 aromatic carbocycles. The molecule has 2 fully saturated rings. The van der Waals surface area contributed by atoms with Crippen molar-refractivity contribution in [2.45, 2.75) is 45.6 Å². The Balaban J connectivity index is 2.19. The van der Waals surface area contributed by atoms with Crippen LogP contribution in [-0.4, -0.2) is 52.6 Å². The summed E-state index contributed by atoms with van der Waals surface area (Å²) in [6.07, 6.45) is 3.08. The fourth-order valence-corrected chi connectivity index (χ4v) is 3.15. The number of carbonyl (C=O) groups excluding carboxylic acids is 1. The number of carboxylic acids is 1. The number of piperidine rings is 1. The predicted octanol–water partition coefficient (Wildman–Crippen LogP) is 1.78. The van der Waals surface area contributed by atoms with Crippen molar-refractivity contribution >= 4 is 12.0 Å². The van der Waals surface area contributed by atoms with Gasteiger partial charge in [0.2, 0.25) is 0 Å². The van der Waals surface area contributed by atoms with Gasteiger partial charge in [0.15, 0.2) is 0 Å². The number of rotatable bonds is 3. The molecule has 2 heterocycles. The van der Waals surface area contributed by atoms with Gasteiger partial charge in [-0.2, -0.15) is 0 Å². The Morgan fingerprint density at radius 1 is 1.44 bits per heavy atom. The van der Waals surface area contributed by atoms with E-state index in [0.29, 0.717) is 25.9 Å². The average Bonchev–Trinajstić information content (AvgIpc) is 2.39. The highest BCUT2D eigenvalue weighted by Crippen LogP contribution is 2.38. The maximum Gasteiger partial charge on any atom is 0.320 e. The van der Waals surface area contributed by atoms with Gasteiger partial charge in [-0.25, -0.2) is 4.79 Å². The van der Waals surface area contributed by atoms with Crippen LogP contribution in [-0.2, 0) is 4.79 Å². The first kappa shape index (κ1) is 13.2. The first-order chi connectivity index (χ1) is 8.54. The van der Waals surface area contributed by atoms with E-state index in [-0.39, 0.29) is 12.1 Å². The fraction of sp³-hybridized carbons (Fsp3) is 0.846. The van der Waals surface area contributed by atoms with Crippen LogP contribution in [0.4, 0.5) is 4.79 Å². The summed E-state index contributed by atoms with van der Waals surface area (Å²) in [5.41, 5.74) is -0.733. The van der Waals surface area contributed by atoms with Crippen LogP contribution in [0, 0.1) is 5.41 Å². The van der Waals surface area contributed by atoms with E-state index in [4.69, 9.17) is 0 Å². The van der Waals surface area contributed by atoms with Crippen molar-refractivity contribution in [3.05, 3.63) is 0 Å². The number of carboxylic acid groups (broad SMARTS) is 1. The van der Waals surface area contributed by atoms with Crippen LogP contribution in [0.25, 0.3) is 0 Å². The molecule has 18 heavy (non-hydrogen) atoms. The number of urea groups is 1. The monoisotopic (exact) mass is 254 g/mol. The summed E-state index contributed by atoms with van der Waals surface area (Å²) in [6, 6.07) is 0.270. The number of fused-ring (bicyclic) bond motifs is 1. The van der Waals surface area contributed by atoms with Crippen molar-refractivity contribution < 1.29 is 14.7 Å². The van der Waals surface area contributed by atoms with E-state index in [1.807, 2.05) is 18.7 Å². The molecule has 5 nitrogen and oxygen atoms in total. The van der Waals surface area contributed by atoms with Gasteiger partial charge in [0, 0.05) is 25.7 Å². The van der Waals surface area contributed by atoms with Gasteiger partial charge in [0.1, 0.15) is 0 Å². The standard InChI is InChI=1S/C13H22N2O3/c1-3-13(11(16)17)7-5-10-6-8-14(4-2)12(18)15(10)9-13/h10H,3-9H2,1-2H3,(H,16,17). The number of amides is 2. The second-order valence-electron chi connectivity index (χ2n) is 5.41. The van der Waals surface area contributed by atoms with Gasteiger partial charge in [0.05, 0.1) is 5.41 Å². The van der Waals surface area contributed by atoms with Crippen LogP contribution in [0.2, 0.25) is 0 Å². The van der Waals surface area contributed by atoms with Gasteiger partial charge < -0.3 is 14.9 Å². The minimum absolute atomic E-state index is 0.0209. The lowest BCUT2D eigenvalue weighted by Gasteiger charge is -2.49. The van der Waals surface area contributed by atoms with E-state index in [2.05, 4.69) is 0 Å². The molecular formula is C13H22N2O3. The van der Waals surface area contributed by atoms with Crippen molar-refractivity contribution in [3.8, 4) is 0 Å². The van der Waals surface area contributed by atoms with Crippen LogP contribution in [0.3, 0.4) is 0 Å². The van der Waals surface area contributed by atoms with Crippen LogP contribution in [0.5, 0.6) is 0 Å². The Labute approximate surface area is 108 Å². The lowest BCUT2D eigenvalue weighted by molar-refractivity contribution is -0.153. The zero-order valence-electron chi connectivity index (χ0n) is 11.2. The summed E-state index contributed by atoms with van der Waals surface area (Å²) >= 11 is 0. The topological polar surface area (TPSA) is 60.9 Å². The minimum Gasteiger partial charge on any atom is -0.481 e. The molecule has 0 spiro atoms. The average molecular weight is 254 g/mol. The Morgan fingerprint density at radius 2 is 2.17 bits per heavy atom. The molecule has 2 atom stereocenters. The first-order valence-electron chi connectivity index (χ1n) is 6.83. The molecule has 2 unspecified atom stereocenters. The zero-order chi connectivity index (χ0) is 13.3. The number of hydrogen-bond donors (Lipinski definition) is 1. The SMILES string of the molecule is CCN1CCC2CCC(CC)(C(=O)O)CN2C1=O. The molecule has 0 saturated carbocycles. The second-order valence-corrected chi connectivity index (χ2v) is 5.41. The van der Waals surface area contributed by atoms with Crippen molar-refractivity contribution in [2.24, 2.45) is 5.41 Å². The van der Waals surface area contributed by atoms with Gasteiger partial charge in [0.25, 0.3) is 0 Å². The lowest BCUT2D eigenvalue weighted by atomic mass is 9.75. The highest BCUT2D eigenvalue weighted by molar-refractivity contribution is 5.79. The highest BCUT2D eigenvalue weighted by atomic mass is 16.4. The molecular weight excluding hydrogens is 232 g/mol. The molecule has 102 valence electrons. The van der Waals surface area contributed by atoms with Gasteiger partial charge in [-0.05, 0) is 32.6 Å². The quantitative estimate of drug-likeness (QED) is 0.835. The van der Waals surface area contributed by atoms with Crippen LogP contribution < -0.4 is 0 Å². The normalized spacial score (nSPS) is 32.3. The van der Waals surface area contributed by atoms with E-state index in [1.165, 1.54) is 0 Å². The van der Waals surface area contributed by atoms with E-state index < -0.39 is 11.4 Å². The van der Waals surface area contributed by atoms with E-state index in [0.717, 1.165) is 19.4 Å². The minimum atomic E-state index is -0.759. The molecule has 2 amide bonds.